The molecule has 1 saturated carbocycles. The summed E-state index contributed by atoms with van der Waals surface area (Å²) in [6, 6.07) is 16.8. The minimum absolute atomic E-state index is 0.486. The van der Waals surface area contributed by atoms with Crippen LogP contribution in [-0.4, -0.2) is 5.11 Å². The van der Waals surface area contributed by atoms with Crippen LogP contribution in [-0.2, 0) is 5.75 Å². The number of allylic oxidation sites excluding steroid dienone is 1. The molecular formula is C18H18OS. The molecule has 20 heavy (non-hydrogen) atoms. The van der Waals surface area contributed by atoms with Crippen LogP contribution in [0.2, 0.25) is 0 Å². The lowest BCUT2D eigenvalue weighted by Gasteiger charge is -2.05. The lowest BCUT2D eigenvalue weighted by Crippen LogP contribution is -1.84. The van der Waals surface area contributed by atoms with Gasteiger partial charge in [0.25, 0.3) is 0 Å². The molecule has 3 rings (SSSR count). The van der Waals surface area contributed by atoms with Crippen LogP contribution in [0, 0.1) is 6.92 Å². The number of thioether (sulfide) groups is 1. The van der Waals surface area contributed by atoms with Crippen LogP contribution >= 0.6 is 11.8 Å². The standard InChI is InChI=1S/C18H18OS/c1-13-3-2-4-14(11-13)12-20-17-9-7-16(8-10-17)18(19)15-5-6-15/h2-4,7-11,19H,5-6,12H2,1H3. The fourth-order valence-electron chi connectivity index (χ4n) is 2.18. The third kappa shape index (κ3) is 3.26. The highest BCUT2D eigenvalue weighted by Gasteiger charge is 2.18. The van der Waals surface area contributed by atoms with Gasteiger partial charge in [0.1, 0.15) is 5.76 Å². The topological polar surface area (TPSA) is 20.2 Å². The van der Waals surface area contributed by atoms with Gasteiger partial charge in [-0.2, -0.15) is 0 Å². The van der Waals surface area contributed by atoms with Crippen LogP contribution < -0.4 is 0 Å². The average molecular weight is 282 g/mol. The van der Waals surface area contributed by atoms with Gasteiger partial charge in [-0.3, -0.25) is 0 Å². The molecule has 1 N–H and O–H groups in total. The Morgan fingerprint density at radius 2 is 1.85 bits per heavy atom. The quantitative estimate of drug-likeness (QED) is 0.602. The zero-order chi connectivity index (χ0) is 13.9. The molecule has 0 radical (unpaired) electrons. The Bertz CT molecular complexity index is 635. The normalized spacial score (nSPS) is 13.3. The van der Waals surface area contributed by atoms with Gasteiger partial charge in [-0.25, -0.2) is 0 Å². The van der Waals surface area contributed by atoms with Crippen LogP contribution in [0.25, 0.3) is 5.76 Å². The largest absolute Gasteiger partial charge is 0.507 e. The van der Waals surface area contributed by atoms with Crippen molar-refractivity contribution in [3.63, 3.8) is 0 Å². The summed E-state index contributed by atoms with van der Waals surface area (Å²) in [5.41, 5.74) is 4.78. The highest BCUT2D eigenvalue weighted by atomic mass is 32.2. The number of aliphatic hydroxyl groups excluding tert-OH is 1. The highest BCUT2D eigenvalue weighted by molar-refractivity contribution is 7.98. The SMILES string of the molecule is Cc1cccc(CSc2ccc(C(O)=C3CC3)cc2)c1. The van der Waals surface area contributed by atoms with Crippen molar-refractivity contribution < 1.29 is 5.11 Å². The molecule has 0 amide bonds. The summed E-state index contributed by atoms with van der Waals surface area (Å²) in [7, 11) is 0. The van der Waals surface area contributed by atoms with E-state index in [1.54, 1.807) is 0 Å². The molecule has 0 atom stereocenters. The molecule has 1 nitrogen and oxygen atoms in total. The van der Waals surface area contributed by atoms with E-state index in [9.17, 15) is 5.11 Å². The maximum Gasteiger partial charge on any atom is 0.122 e. The summed E-state index contributed by atoms with van der Waals surface area (Å²) in [6.07, 6.45) is 2.10. The van der Waals surface area contributed by atoms with Crippen molar-refractivity contribution in [1.82, 2.24) is 0 Å². The lowest BCUT2D eigenvalue weighted by molar-refractivity contribution is 0.509. The highest BCUT2D eigenvalue weighted by Crippen LogP contribution is 2.35. The van der Waals surface area contributed by atoms with Crippen LogP contribution in [0.3, 0.4) is 0 Å². The summed E-state index contributed by atoms with van der Waals surface area (Å²) < 4.78 is 0. The van der Waals surface area contributed by atoms with Gasteiger partial charge in [-0.15, -0.1) is 11.8 Å². The van der Waals surface area contributed by atoms with Crippen molar-refractivity contribution in [3.8, 4) is 0 Å². The van der Waals surface area contributed by atoms with Gasteiger partial charge in [-0.1, -0.05) is 42.0 Å². The first-order valence-electron chi connectivity index (χ1n) is 6.92. The molecule has 1 fully saturated rings. The summed E-state index contributed by atoms with van der Waals surface area (Å²) >= 11 is 1.83. The Morgan fingerprint density at radius 1 is 1.10 bits per heavy atom. The summed E-state index contributed by atoms with van der Waals surface area (Å²) in [6.45, 7) is 2.12. The van der Waals surface area contributed by atoms with E-state index in [1.807, 2.05) is 23.9 Å². The summed E-state index contributed by atoms with van der Waals surface area (Å²) in [4.78, 5) is 1.24. The minimum Gasteiger partial charge on any atom is -0.507 e. The van der Waals surface area contributed by atoms with Crippen LogP contribution in [0.15, 0.2) is 59.0 Å². The zero-order valence-electron chi connectivity index (χ0n) is 11.6. The van der Waals surface area contributed by atoms with Crippen molar-refractivity contribution in [2.45, 2.75) is 30.4 Å². The molecule has 0 bridgehead atoms. The van der Waals surface area contributed by atoms with Gasteiger partial charge < -0.3 is 5.11 Å². The first-order valence-corrected chi connectivity index (χ1v) is 7.91. The summed E-state index contributed by atoms with van der Waals surface area (Å²) in [5, 5.41) is 9.96. The fourth-order valence-corrected chi connectivity index (χ4v) is 3.02. The molecule has 0 heterocycles. The van der Waals surface area contributed by atoms with E-state index < -0.39 is 0 Å². The molecule has 0 spiro atoms. The lowest BCUT2D eigenvalue weighted by atomic mass is 10.2. The maximum atomic E-state index is 9.96. The van der Waals surface area contributed by atoms with Crippen molar-refractivity contribution >= 4 is 17.5 Å². The molecular weight excluding hydrogens is 264 g/mol. The monoisotopic (exact) mass is 282 g/mol. The smallest absolute Gasteiger partial charge is 0.122 e. The molecule has 1 aliphatic carbocycles. The molecule has 0 unspecified atom stereocenters. The van der Waals surface area contributed by atoms with Crippen LogP contribution in [0.1, 0.15) is 29.5 Å². The van der Waals surface area contributed by atoms with Crippen molar-refractivity contribution in [1.29, 1.82) is 0 Å². The number of aryl methyl sites for hydroxylation is 1. The predicted molar refractivity (Wildman–Crippen MR) is 86.0 cm³/mol. The molecule has 2 aromatic rings. The Labute approximate surface area is 124 Å². The number of hydrogen-bond acceptors (Lipinski definition) is 2. The fraction of sp³-hybridized carbons (Fsp3) is 0.222. The van der Waals surface area contributed by atoms with E-state index in [4.69, 9.17) is 0 Å². The van der Waals surface area contributed by atoms with Gasteiger partial charge in [0.15, 0.2) is 0 Å². The van der Waals surface area contributed by atoms with Crippen LogP contribution in [0.5, 0.6) is 0 Å². The second-order valence-electron chi connectivity index (χ2n) is 5.25. The molecule has 0 aromatic heterocycles. The van der Waals surface area contributed by atoms with Gasteiger partial charge in [0.2, 0.25) is 0 Å². The number of aliphatic hydroxyl groups is 1. The summed E-state index contributed by atoms with van der Waals surface area (Å²) in [5.74, 6) is 1.47. The molecule has 0 saturated heterocycles. The molecule has 2 heteroatoms. The van der Waals surface area contributed by atoms with E-state index in [1.165, 1.54) is 21.6 Å². The van der Waals surface area contributed by atoms with Crippen molar-refractivity contribution in [3.05, 3.63) is 70.8 Å². The van der Waals surface area contributed by atoms with Crippen LogP contribution in [0.4, 0.5) is 0 Å². The van der Waals surface area contributed by atoms with Gasteiger partial charge >= 0.3 is 0 Å². The first kappa shape index (κ1) is 13.3. The van der Waals surface area contributed by atoms with E-state index in [0.29, 0.717) is 5.76 Å². The molecule has 0 aliphatic heterocycles. The third-order valence-corrected chi connectivity index (χ3v) is 4.53. The van der Waals surface area contributed by atoms with Crippen molar-refractivity contribution in [2.24, 2.45) is 0 Å². The maximum absolute atomic E-state index is 9.96. The van der Waals surface area contributed by atoms with E-state index in [-0.39, 0.29) is 0 Å². The van der Waals surface area contributed by atoms with E-state index >= 15 is 0 Å². The molecule has 1 aliphatic rings. The number of rotatable bonds is 4. The molecule has 102 valence electrons. The first-order chi connectivity index (χ1) is 9.72. The Hall–Kier alpha value is -1.67. The van der Waals surface area contributed by atoms with E-state index in [2.05, 4.69) is 43.3 Å². The zero-order valence-corrected chi connectivity index (χ0v) is 12.4. The van der Waals surface area contributed by atoms with Gasteiger partial charge in [0.05, 0.1) is 0 Å². The number of hydrogen-bond donors (Lipinski definition) is 1. The Kier molecular flexibility index (Phi) is 3.83. The van der Waals surface area contributed by atoms with Gasteiger partial charge in [0, 0.05) is 16.2 Å². The second-order valence-corrected chi connectivity index (χ2v) is 6.30. The van der Waals surface area contributed by atoms with Gasteiger partial charge in [-0.05, 0) is 43.0 Å². The van der Waals surface area contributed by atoms with E-state index in [0.717, 1.165) is 24.2 Å². The predicted octanol–water partition coefficient (Wildman–Crippen LogP) is 5.35. The minimum atomic E-state index is 0.486. The molecule has 2 aromatic carbocycles. The number of benzene rings is 2. The average Bonchev–Trinajstić information content (AvgIpc) is 3.30. The second kappa shape index (κ2) is 5.76. The third-order valence-electron chi connectivity index (χ3n) is 3.45. The Morgan fingerprint density at radius 3 is 2.50 bits per heavy atom. The van der Waals surface area contributed by atoms with Crippen molar-refractivity contribution in [2.75, 3.05) is 0 Å². The Balaban J connectivity index is 1.65.